The molecular formula is C35H34N8O12. The number of aromatic amines is 1. The lowest BCUT2D eigenvalue weighted by Crippen LogP contribution is -2.31. The molecule has 3 aromatic heterocycles. The lowest BCUT2D eigenvalue weighted by molar-refractivity contribution is -0.790. The van der Waals surface area contributed by atoms with Gasteiger partial charge in [-0.2, -0.15) is 10.2 Å². The van der Waals surface area contributed by atoms with Crippen molar-refractivity contribution in [2.24, 2.45) is 5.41 Å². The molecule has 6 rings (SSSR count). The van der Waals surface area contributed by atoms with Gasteiger partial charge >= 0.3 is 11.8 Å². The van der Waals surface area contributed by atoms with E-state index in [9.17, 15) is 29.8 Å². The number of esters is 1. The number of imidazole rings is 1. The Morgan fingerprint density at radius 1 is 1.00 bits per heavy atom. The van der Waals surface area contributed by atoms with Crippen LogP contribution in [0.4, 0.5) is 0 Å². The van der Waals surface area contributed by atoms with Crippen molar-refractivity contribution in [3.8, 4) is 28.5 Å². The van der Waals surface area contributed by atoms with Crippen LogP contribution in [-0.2, 0) is 34.0 Å². The van der Waals surface area contributed by atoms with Gasteiger partial charge < -0.3 is 28.0 Å². The number of benzene rings is 3. The van der Waals surface area contributed by atoms with E-state index in [2.05, 4.69) is 35.3 Å². The Bertz CT molecular complexity index is 2350. The van der Waals surface area contributed by atoms with Gasteiger partial charge in [0.15, 0.2) is 18.1 Å². The predicted molar refractivity (Wildman–Crippen MR) is 188 cm³/mol. The first-order chi connectivity index (χ1) is 26.4. The van der Waals surface area contributed by atoms with Crippen molar-refractivity contribution in [2.45, 2.75) is 52.9 Å². The van der Waals surface area contributed by atoms with E-state index in [1.165, 1.54) is 0 Å². The van der Waals surface area contributed by atoms with Crippen LogP contribution in [0.2, 0.25) is 0 Å². The van der Waals surface area contributed by atoms with Crippen molar-refractivity contribution in [1.82, 2.24) is 30.2 Å². The molecule has 0 spiro atoms. The summed E-state index contributed by atoms with van der Waals surface area (Å²) in [4.78, 5) is 60.4. The molecule has 3 heterocycles. The molecule has 0 saturated heterocycles. The van der Waals surface area contributed by atoms with Crippen molar-refractivity contribution >= 4 is 17.0 Å². The number of rotatable bonds is 18. The van der Waals surface area contributed by atoms with E-state index in [0.29, 0.717) is 36.0 Å². The molecule has 0 fully saturated rings. The first-order valence-corrected chi connectivity index (χ1v) is 16.8. The topological polar surface area (TPSA) is 256 Å². The zero-order valence-corrected chi connectivity index (χ0v) is 29.7. The molecule has 1 N–H and O–H groups in total. The minimum absolute atomic E-state index is 0.0250. The Morgan fingerprint density at radius 2 is 1.75 bits per heavy atom. The standard InChI is InChI=1S/C35H34N8O12/c1-4-50-33-36-27-14-13-23(15-28(27)41(33)18-21-9-11-22(12-10-21)25-7-5-6-8-26(25)31-37-39-40-38-31)32(44)51-20-30-29(53-34(45)54-30)17-35(2,3)16-24(55-43(48)49)19-52-42(46)47/h5-15,24H,4,16-20H2,1-3H3,(H,37,38,39,40)/t24-/m1/s1. The van der Waals surface area contributed by atoms with Gasteiger partial charge in [-0.05, 0) is 58.9 Å². The molecule has 6 aromatic rings. The van der Waals surface area contributed by atoms with E-state index < -0.39 is 46.7 Å². The molecule has 0 bridgehead atoms. The largest absolute Gasteiger partial charge is 0.519 e. The molecule has 55 heavy (non-hydrogen) atoms. The zero-order chi connectivity index (χ0) is 39.1. The summed E-state index contributed by atoms with van der Waals surface area (Å²) >= 11 is 0. The molecule has 0 radical (unpaired) electrons. The van der Waals surface area contributed by atoms with Gasteiger partial charge in [0.2, 0.25) is 5.82 Å². The highest BCUT2D eigenvalue weighted by Crippen LogP contribution is 2.32. The second-order valence-electron chi connectivity index (χ2n) is 13.0. The lowest BCUT2D eigenvalue weighted by Gasteiger charge is -2.27. The number of tetrazole rings is 1. The molecule has 3 aromatic carbocycles. The fourth-order valence-corrected chi connectivity index (χ4v) is 6.11. The van der Waals surface area contributed by atoms with Gasteiger partial charge in [0, 0.05) is 12.0 Å². The van der Waals surface area contributed by atoms with Gasteiger partial charge in [0.25, 0.3) is 16.2 Å². The van der Waals surface area contributed by atoms with Gasteiger partial charge in [0.1, 0.15) is 12.7 Å². The smallest absolute Gasteiger partial charge is 0.465 e. The molecule has 0 unspecified atom stereocenters. The number of nitrogens with one attached hydrogen (secondary N) is 1. The first kappa shape index (κ1) is 37.6. The van der Waals surface area contributed by atoms with E-state index in [0.717, 1.165) is 22.3 Å². The van der Waals surface area contributed by atoms with E-state index in [-0.39, 0.29) is 29.9 Å². The lowest BCUT2D eigenvalue weighted by atomic mass is 9.82. The average Bonchev–Trinajstić information content (AvgIpc) is 3.89. The van der Waals surface area contributed by atoms with Crippen LogP contribution in [0.25, 0.3) is 33.5 Å². The quantitative estimate of drug-likeness (QED) is 0.0689. The highest BCUT2D eigenvalue weighted by atomic mass is 17.0. The van der Waals surface area contributed by atoms with Gasteiger partial charge in [-0.1, -0.05) is 62.4 Å². The average molecular weight is 759 g/mol. The molecule has 0 aliphatic carbocycles. The number of H-pyrrole nitrogens is 1. The second kappa shape index (κ2) is 16.3. The Labute approximate surface area is 310 Å². The van der Waals surface area contributed by atoms with Crippen molar-refractivity contribution in [3.05, 3.63) is 120 Å². The number of hydrogen-bond acceptors (Lipinski definition) is 16. The Kier molecular flexibility index (Phi) is 11.1. The predicted octanol–water partition coefficient (Wildman–Crippen LogP) is 4.98. The van der Waals surface area contributed by atoms with Crippen LogP contribution >= 0.6 is 0 Å². The number of ether oxygens (including phenoxy) is 2. The SMILES string of the molecule is CCOc1nc2ccc(C(=O)OCc3oc(=O)oc3CC(C)(C)C[C@H](CO[N+](=O)[O-])O[N+](=O)[O-])cc2n1Cc1ccc(-c2ccccc2-c2nn[nH]n2)cc1. The Balaban J connectivity index is 1.17. The first-order valence-electron chi connectivity index (χ1n) is 16.8. The van der Waals surface area contributed by atoms with Gasteiger partial charge in [-0.25, -0.2) is 9.59 Å². The van der Waals surface area contributed by atoms with Gasteiger partial charge in [-0.3, -0.25) is 4.57 Å². The van der Waals surface area contributed by atoms with Crippen LogP contribution in [0.5, 0.6) is 6.01 Å². The fourth-order valence-electron chi connectivity index (χ4n) is 6.11. The molecule has 1 atom stereocenters. The molecule has 0 aliphatic rings. The maximum absolute atomic E-state index is 13.3. The molecule has 0 aliphatic heterocycles. The second-order valence-corrected chi connectivity index (χ2v) is 13.0. The number of carbonyl (C=O) groups excluding carboxylic acids is 1. The zero-order valence-electron chi connectivity index (χ0n) is 29.7. The maximum Gasteiger partial charge on any atom is 0.519 e. The number of fused-ring (bicyclic) bond motifs is 1. The van der Waals surface area contributed by atoms with Crippen molar-refractivity contribution in [3.63, 3.8) is 0 Å². The fraction of sp³-hybridized carbons (Fsp3) is 0.314. The number of nitrogens with zero attached hydrogens (tertiary/aromatic N) is 7. The number of hydrogen-bond donors (Lipinski definition) is 1. The summed E-state index contributed by atoms with van der Waals surface area (Å²) in [6.07, 6.45) is -1.43. The van der Waals surface area contributed by atoms with Crippen LogP contribution in [0.1, 0.15) is 54.6 Å². The molecule has 0 saturated carbocycles. The number of aromatic nitrogens is 6. The summed E-state index contributed by atoms with van der Waals surface area (Å²) in [5.74, 6) is -1.35. The van der Waals surface area contributed by atoms with Crippen molar-refractivity contribution in [1.29, 1.82) is 0 Å². The van der Waals surface area contributed by atoms with E-state index >= 15 is 0 Å². The maximum atomic E-state index is 13.3. The summed E-state index contributed by atoms with van der Waals surface area (Å²) in [6.45, 7) is 4.72. The van der Waals surface area contributed by atoms with E-state index in [4.69, 9.17) is 18.3 Å². The van der Waals surface area contributed by atoms with Gasteiger partial charge in [0.05, 0.1) is 29.7 Å². The third kappa shape index (κ3) is 9.28. The van der Waals surface area contributed by atoms with Crippen LogP contribution < -0.4 is 10.6 Å². The monoisotopic (exact) mass is 758 g/mol. The minimum atomic E-state index is -1.30. The van der Waals surface area contributed by atoms with Crippen LogP contribution in [0.15, 0.2) is 80.4 Å². The summed E-state index contributed by atoms with van der Waals surface area (Å²) in [7, 11) is 0. The van der Waals surface area contributed by atoms with E-state index in [1.807, 2.05) is 60.0 Å². The summed E-state index contributed by atoms with van der Waals surface area (Å²) in [6, 6.07) is 20.9. The van der Waals surface area contributed by atoms with Gasteiger partial charge in [-0.15, -0.1) is 30.4 Å². The summed E-state index contributed by atoms with van der Waals surface area (Å²) in [5, 5.41) is 33.8. The molecule has 0 amide bonds. The molecule has 286 valence electrons. The highest BCUT2D eigenvalue weighted by molar-refractivity contribution is 5.94. The molecule has 20 heteroatoms. The Morgan fingerprint density at radius 3 is 2.44 bits per heavy atom. The van der Waals surface area contributed by atoms with Crippen LogP contribution in [0.3, 0.4) is 0 Å². The highest BCUT2D eigenvalue weighted by Gasteiger charge is 2.31. The van der Waals surface area contributed by atoms with Crippen LogP contribution in [-0.4, -0.2) is 65.6 Å². The molecular weight excluding hydrogens is 724 g/mol. The van der Waals surface area contributed by atoms with E-state index in [1.54, 1.807) is 32.0 Å². The van der Waals surface area contributed by atoms with Crippen molar-refractivity contribution < 1.29 is 43.0 Å². The molecule has 20 nitrogen and oxygen atoms in total. The minimum Gasteiger partial charge on any atom is -0.465 e. The normalized spacial score (nSPS) is 12.0. The summed E-state index contributed by atoms with van der Waals surface area (Å²) < 4.78 is 23.6. The number of carbonyl (C=O) groups is 1. The van der Waals surface area contributed by atoms with Crippen molar-refractivity contribution in [2.75, 3.05) is 13.2 Å². The third-order valence-corrected chi connectivity index (χ3v) is 8.42. The van der Waals surface area contributed by atoms with Crippen LogP contribution in [0, 0.1) is 25.6 Å². The third-order valence-electron chi connectivity index (χ3n) is 8.42. The summed E-state index contributed by atoms with van der Waals surface area (Å²) in [5.41, 5.74) is 4.13. The Hall–Kier alpha value is -7.12.